The molecule has 0 bridgehead atoms. The molecule has 10 heteroatoms. The summed E-state index contributed by atoms with van der Waals surface area (Å²) in [5, 5.41) is 21.9. The van der Waals surface area contributed by atoms with Crippen molar-refractivity contribution in [1.82, 2.24) is 0 Å². The lowest BCUT2D eigenvalue weighted by atomic mass is 9.69. The number of nitro groups is 1. The van der Waals surface area contributed by atoms with E-state index in [1.807, 2.05) is 13.8 Å². The van der Waals surface area contributed by atoms with E-state index in [4.69, 9.17) is 28.9 Å². The molecule has 1 aliphatic heterocycles. The van der Waals surface area contributed by atoms with Gasteiger partial charge in [-0.1, -0.05) is 48.4 Å². The summed E-state index contributed by atoms with van der Waals surface area (Å²) >= 11 is 13.3. The lowest BCUT2D eigenvalue weighted by Gasteiger charge is -2.43. The van der Waals surface area contributed by atoms with Crippen molar-refractivity contribution in [3.8, 4) is 6.07 Å². The topological polar surface area (TPSA) is 113 Å². The van der Waals surface area contributed by atoms with Crippen LogP contribution in [-0.2, 0) is 4.79 Å². The van der Waals surface area contributed by atoms with Crippen LogP contribution in [0.1, 0.15) is 37.5 Å². The van der Waals surface area contributed by atoms with E-state index >= 15 is 0 Å². The maximum atomic E-state index is 13.4. The van der Waals surface area contributed by atoms with Crippen LogP contribution >= 0.6 is 34.5 Å². The van der Waals surface area contributed by atoms with E-state index in [0.29, 0.717) is 44.7 Å². The van der Waals surface area contributed by atoms with Crippen molar-refractivity contribution in [3.63, 3.8) is 0 Å². The minimum Gasteiger partial charge on any atom is -0.384 e. The number of allylic oxidation sites excluding steroid dienone is 3. The third-order valence-corrected chi connectivity index (χ3v) is 7.46. The lowest BCUT2D eigenvalue weighted by molar-refractivity contribution is -0.380. The van der Waals surface area contributed by atoms with Gasteiger partial charge in [0.25, 0.3) is 0 Å². The number of benzene rings is 1. The molecule has 32 heavy (non-hydrogen) atoms. The van der Waals surface area contributed by atoms with Gasteiger partial charge in [-0.05, 0) is 36.1 Å². The number of hydrogen-bond acceptors (Lipinski definition) is 7. The molecule has 0 saturated carbocycles. The first kappa shape index (κ1) is 22.3. The number of carbonyl (C=O) groups excluding carboxylic acids is 1. The Hall–Kier alpha value is -2.86. The van der Waals surface area contributed by atoms with Gasteiger partial charge in [-0.3, -0.25) is 19.8 Å². The summed E-state index contributed by atoms with van der Waals surface area (Å²) in [5.74, 6) is -0.699. The normalized spacial score (nSPS) is 20.3. The zero-order valence-corrected chi connectivity index (χ0v) is 19.5. The van der Waals surface area contributed by atoms with E-state index in [1.54, 1.807) is 29.2 Å². The van der Waals surface area contributed by atoms with Gasteiger partial charge in [0.2, 0.25) is 0 Å². The Bertz CT molecular complexity index is 1270. The minimum atomic E-state index is -0.753. The van der Waals surface area contributed by atoms with E-state index < -0.39 is 10.8 Å². The minimum absolute atomic E-state index is 0.0616. The fourth-order valence-corrected chi connectivity index (χ4v) is 5.54. The summed E-state index contributed by atoms with van der Waals surface area (Å²) in [6.45, 7) is 3.98. The Morgan fingerprint density at radius 2 is 1.97 bits per heavy atom. The summed E-state index contributed by atoms with van der Waals surface area (Å²) < 4.78 is 0. The Labute approximate surface area is 198 Å². The fraction of sp³-hybridized carbons (Fsp3) is 0.273. The maximum absolute atomic E-state index is 13.4. The Morgan fingerprint density at radius 3 is 2.56 bits per heavy atom. The van der Waals surface area contributed by atoms with E-state index in [-0.39, 0.29) is 27.6 Å². The number of hydrogen-bond donors (Lipinski definition) is 1. The number of rotatable bonds is 3. The number of anilines is 1. The highest BCUT2D eigenvalue weighted by Gasteiger charge is 2.45. The molecule has 1 aromatic carbocycles. The van der Waals surface area contributed by atoms with E-state index in [2.05, 4.69) is 6.07 Å². The van der Waals surface area contributed by atoms with Gasteiger partial charge >= 0.3 is 5.00 Å². The number of halogens is 2. The van der Waals surface area contributed by atoms with Crippen molar-refractivity contribution >= 4 is 51.0 Å². The predicted octanol–water partition coefficient (Wildman–Crippen LogP) is 5.90. The fourth-order valence-electron chi connectivity index (χ4n) is 4.31. The van der Waals surface area contributed by atoms with Crippen molar-refractivity contribution in [2.75, 3.05) is 4.90 Å². The Balaban J connectivity index is 1.99. The van der Waals surface area contributed by atoms with Crippen LogP contribution < -0.4 is 10.6 Å². The molecule has 1 aliphatic carbocycles. The molecule has 0 unspecified atom stereocenters. The largest absolute Gasteiger partial charge is 0.384 e. The molecule has 1 aromatic heterocycles. The van der Waals surface area contributed by atoms with Crippen LogP contribution in [0.15, 0.2) is 53.0 Å². The van der Waals surface area contributed by atoms with Crippen molar-refractivity contribution in [1.29, 1.82) is 5.26 Å². The molecule has 1 atom stereocenters. The summed E-state index contributed by atoms with van der Waals surface area (Å²) in [6, 6.07) is 10.1. The predicted molar refractivity (Wildman–Crippen MR) is 125 cm³/mol. The molecule has 4 rings (SSSR count). The zero-order chi connectivity index (χ0) is 23.4. The van der Waals surface area contributed by atoms with Crippen molar-refractivity contribution in [3.05, 3.63) is 78.0 Å². The standard InChI is InChI=1S/C22H18Cl2N4O3S/c1-22(2)8-15-20(16(29)9-22)19(17-5-6-18(32-17)28(30)31)12(10-25)21(26)27(15)11-3-4-13(23)14(24)7-11/h3-7,19H,8-9,26H2,1-2H3/t19-/m0/s1. The summed E-state index contributed by atoms with van der Waals surface area (Å²) in [7, 11) is 0. The zero-order valence-electron chi connectivity index (χ0n) is 17.2. The van der Waals surface area contributed by atoms with Crippen LogP contribution in [0, 0.1) is 26.9 Å². The number of thiophene rings is 1. The molecule has 0 fully saturated rings. The molecule has 2 N–H and O–H groups in total. The quantitative estimate of drug-likeness (QED) is 0.424. The average Bonchev–Trinajstić information content (AvgIpc) is 3.19. The van der Waals surface area contributed by atoms with Crippen LogP contribution in [0.2, 0.25) is 10.0 Å². The molecular formula is C22H18Cl2N4O3S. The highest BCUT2D eigenvalue weighted by Crippen LogP contribution is 2.51. The van der Waals surface area contributed by atoms with Crippen LogP contribution in [0.4, 0.5) is 10.7 Å². The van der Waals surface area contributed by atoms with Gasteiger partial charge in [0.05, 0.1) is 32.5 Å². The van der Waals surface area contributed by atoms with E-state index in [1.165, 1.54) is 6.07 Å². The first-order valence-corrected chi connectivity index (χ1v) is 11.3. The van der Waals surface area contributed by atoms with Gasteiger partial charge in [0.15, 0.2) is 5.78 Å². The molecule has 0 amide bonds. The van der Waals surface area contributed by atoms with Gasteiger partial charge in [0, 0.05) is 34.3 Å². The molecule has 7 nitrogen and oxygen atoms in total. The maximum Gasteiger partial charge on any atom is 0.324 e. The number of Topliss-reactive ketones (excluding diaryl/α,β-unsaturated/α-hetero) is 1. The summed E-state index contributed by atoms with van der Waals surface area (Å²) in [5.41, 5.74) is 8.05. The molecule has 0 spiro atoms. The molecule has 2 aromatic rings. The van der Waals surface area contributed by atoms with Crippen molar-refractivity contribution < 1.29 is 9.72 Å². The molecule has 0 radical (unpaired) electrons. The monoisotopic (exact) mass is 488 g/mol. The second-order valence-electron chi connectivity index (χ2n) is 8.51. The Kier molecular flexibility index (Phi) is 5.53. The molecular weight excluding hydrogens is 471 g/mol. The second-order valence-corrected chi connectivity index (χ2v) is 10.4. The lowest BCUT2D eigenvalue weighted by Crippen LogP contribution is -2.42. The van der Waals surface area contributed by atoms with Gasteiger partial charge in [-0.25, -0.2) is 0 Å². The van der Waals surface area contributed by atoms with Gasteiger partial charge in [0.1, 0.15) is 5.82 Å². The third-order valence-electron chi connectivity index (χ3n) is 5.62. The number of nitrogens with zero attached hydrogens (tertiary/aromatic N) is 3. The first-order valence-electron chi connectivity index (χ1n) is 9.69. The highest BCUT2D eigenvalue weighted by atomic mass is 35.5. The third kappa shape index (κ3) is 3.66. The van der Waals surface area contributed by atoms with Gasteiger partial charge in [-0.2, -0.15) is 5.26 Å². The molecule has 164 valence electrons. The van der Waals surface area contributed by atoms with Crippen LogP contribution in [0.3, 0.4) is 0 Å². The number of nitriles is 1. The molecule has 0 saturated heterocycles. The average molecular weight is 489 g/mol. The number of nitrogens with two attached hydrogens (primary N) is 1. The van der Waals surface area contributed by atoms with E-state index in [9.17, 15) is 20.2 Å². The summed E-state index contributed by atoms with van der Waals surface area (Å²) in [6.07, 6.45) is 0.821. The highest BCUT2D eigenvalue weighted by molar-refractivity contribution is 7.15. The smallest absolute Gasteiger partial charge is 0.324 e. The SMILES string of the molecule is CC1(C)CC(=O)C2=C(C1)N(c1ccc(Cl)c(Cl)c1)C(N)=C(C#N)[C@H]2c1ccc([N+](=O)[O-])s1. The second kappa shape index (κ2) is 7.93. The van der Waals surface area contributed by atoms with Crippen LogP contribution in [0.5, 0.6) is 0 Å². The molecule has 2 heterocycles. The van der Waals surface area contributed by atoms with Crippen molar-refractivity contribution in [2.24, 2.45) is 11.1 Å². The number of ketones is 1. The first-order chi connectivity index (χ1) is 15.0. The van der Waals surface area contributed by atoms with Gasteiger partial charge < -0.3 is 5.73 Å². The van der Waals surface area contributed by atoms with E-state index in [0.717, 1.165) is 11.3 Å². The van der Waals surface area contributed by atoms with Crippen molar-refractivity contribution in [2.45, 2.75) is 32.6 Å². The van der Waals surface area contributed by atoms with Gasteiger partial charge in [-0.15, -0.1) is 0 Å². The van der Waals surface area contributed by atoms with Crippen LogP contribution in [0.25, 0.3) is 0 Å². The summed E-state index contributed by atoms with van der Waals surface area (Å²) in [4.78, 5) is 26.4. The number of carbonyl (C=O) groups is 1. The van der Waals surface area contributed by atoms with Crippen LogP contribution in [-0.4, -0.2) is 10.7 Å². The molecule has 2 aliphatic rings. The Morgan fingerprint density at radius 1 is 1.25 bits per heavy atom.